The van der Waals surface area contributed by atoms with Gasteiger partial charge in [-0.2, -0.15) is 0 Å². The summed E-state index contributed by atoms with van der Waals surface area (Å²) in [5.41, 5.74) is 1.23. The summed E-state index contributed by atoms with van der Waals surface area (Å²) >= 11 is 0. The van der Waals surface area contributed by atoms with Crippen LogP contribution in [0.3, 0.4) is 0 Å². The molecule has 2 atom stereocenters. The quantitative estimate of drug-likeness (QED) is 0.508. The largest absolute Gasteiger partial charge is 0.490 e. The van der Waals surface area contributed by atoms with E-state index in [1.54, 1.807) is 18.3 Å². The van der Waals surface area contributed by atoms with Crippen LogP contribution >= 0.6 is 0 Å². The van der Waals surface area contributed by atoms with Gasteiger partial charge in [0.05, 0.1) is 6.61 Å². The fraction of sp³-hybridized carbons (Fsp3) is 0.545. The Morgan fingerprint density at radius 2 is 2.41 bits per heavy atom. The zero-order valence-corrected chi connectivity index (χ0v) is 9.91. The van der Waals surface area contributed by atoms with Crippen LogP contribution in [-0.2, 0) is 11.2 Å². The Morgan fingerprint density at radius 1 is 1.59 bits per heavy atom. The molecule has 1 aromatic rings. The predicted molar refractivity (Wildman–Crippen MR) is 64.8 cm³/mol. The molecule has 3 rings (SSSR count). The first kappa shape index (κ1) is 12.5. The van der Waals surface area contributed by atoms with E-state index in [4.69, 9.17) is 14.8 Å². The third kappa shape index (κ3) is 3.26. The second kappa shape index (κ2) is 5.60. The lowest BCUT2D eigenvalue weighted by Gasteiger charge is -2.03. The Morgan fingerprint density at radius 3 is 2.76 bits per heavy atom. The van der Waals surface area contributed by atoms with Crippen LogP contribution in [0, 0.1) is 0 Å². The van der Waals surface area contributed by atoms with Gasteiger partial charge in [0.15, 0.2) is 0 Å². The molecular weight excluding hydrogens is 219 g/mol. The first-order valence-electron chi connectivity index (χ1n) is 5.88. The molecule has 2 fully saturated rings. The molecule has 2 aliphatic rings. The highest BCUT2D eigenvalue weighted by Gasteiger charge is 2.39. The third-order valence-corrected chi connectivity index (χ3v) is 2.89. The number of ether oxygens (including phenoxy) is 1. The van der Waals surface area contributed by atoms with Gasteiger partial charge in [0, 0.05) is 30.4 Å². The minimum absolute atomic E-state index is 0.495. The zero-order chi connectivity index (χ0) is 12.3. The van der Waals surface area contributed by atoms with Crippen LogP contribution in [0.25, 0.3) is 0 Å². The van der Waals surface area contributed by atoms with Crippen LogP contribution < -0.4 is 5.46 Å². The first-order chi connectivity index (χ1) is 8.22. The lowest BCUT2D eigenvalue weighted by atomic mass is 9.78. The van der Waals surface area contributed by atoms with Crippen molar-refractivity contribution in [3.63, 3.8) is 0 Å². The number of hydrogen-bond acceptors (Lipinski definition) is 5. The Balaban J connectivity index is 0.000000148. The maximum atomic E-state index is 8.85. The van der Waals surface area contributed by atoms with Crippen LogP contribution in [0.5, 0.6) is 0 Å². The molecule has 6 heteroatoms. The molecule has 0 amide bonds. The van der Waals surface area contributed by atoms with Gasteiger partial charge in [0.1, 0.15) is 6.23 Å². The van der Waals surface area contributed by atoms with E-state index in [-0.39, 0.29) is 0 Å². The summed E-state index contributed by atoms with van der Waals surface area (Å²) in [6, 6.07) is 3.35. The molecule has 0 bridgehead atoms. The van der Waals surface area contributed by atoms with Crippen molar-refractivity contribution in [3.05, 3.63) is 24.0 Å². The number of aromatic nitrogens is 1. The fourth-order valence-electron chi connectivity index (χ4n) is 1.83. The lowest BCUT2D eigenvalue weighted by molar-refractivity contribution is 0.159. The van der Waals surface area contributed by atoms with Crippen LogP contribution in [0.4, 0.5) is 0 Å². The standard InChI is InChI=1S/C7H10BNO2.C4H7NO/c1-2-7-6(8(10)11)4-3-5-9-7;1-2-6-4-3-5(1)4/h3-5,10-11H,2H2,1H3;4H,1-3H2. The second-order valence-corrected chi connectivity index (χ2v) is 4.09. The van der Waals surface area contributed by atoms with Gasteiger partial charge in [-0.3, -0.25) is 9.88 Å². The number of pyridine rings is 1. The molecule has 2 N–H and O–H groups in total. The maximum Gasteiger partial charge on any atom is 0.490 e. The van der Waals surface area contributed by atoms with E-state index in [9.17, 15) is 0 Å². The number of morpholine rings is 1. The number of aryl methyl sites for hydroxylation is 1. The molecule has 0 aromatic carbocycles. The zero-order valence-electron chi connectivity index (χ0n) is 9.91. The van der Waals surface area contributed by atoms with Gasteiger partial charge in [-0.25, -0.2) is 0 Å². The molecule has 0 spiro atoms. The van der Waals surface area contributed by atoms with E-state index < -0.39 is 7.12 Å². The molecule has 3 heterocycles. The number of nitrogens with zero attached hydrogens (tertiary/aromatic N) is 2. The fourth-order valence-corrected chi connectivity index (χ4v) is 1.83. The molecule has 1 aromatic heterocycles. The van der Waals surface area contributed by atoms with Crippen LogP contribution in [0.1, 0.15) is 12.6 Å². The third-order valence-electron chi connectivity index (χ3n) is 2.89. The maximum absolute atomic E-state index is 8.85. The van der Waals surface area contributed by atoms with Gasteiger partial charge in [0.2, 0.25) is 0 Å². The van der Waals surface area contributed by atoms with Crippen molar-refractivity contribution >= 4 is 12.6 Å². The highest BCUT2D eigenvalue weighted by atomic mass is 16.5. The number of hydrogen-bond donors (Lipinski definition) is 2. The molecule has 2 unspecified atom stereocenters. The Kier molecular flexibility index (Phi) is 4.12. The highest BCUT2D eigenvalue weighted by molar-refractivity contribution is 6.59. The molecule has 5 nitrogen and oxygen atoms in total. The van der Waals surface area contributed by atoms with Crippen LogP contribution in [0.2, 0.25) is 0 Å². The minimum atomic E-state index is -1.40. The van der Waals surface area contributed by atoms with Gasteiger partial charge >= 0.3 is 7.12 Å². The van der Waals surface area contributed by atoms with Crippen molar-refractivity contribution in [2.75, 3.05) is 19.7 Å². The van der Waals surface area contributed by atoms with E-state index in [0.29, 0.717) is 18.1 Å². The Hall–Kier alpha value is -0.945. The summed E-state index contributed by atoms with van der Waals surface area (Å²) in [5, 5.41) is 17.7. The minimum Gasteiger partial charge on any atom is -0.423 e. The van der Waals surface area contributed by atoms with Gasteiger partial charge in [-0.05, 0) is 12.5 Å². The summed E-state index contributed by atoms with van der Waals surface area (Å²) in [4.78, 5) is 6.30. The lowest BCUT2D eigenvalue weighted by Crippen LogP contribution is -2.33. The smallest absolute Gasteiger partial charge is 0.423 e. The van der Waals surface area contributed by atoms with Crippen molar-refractivity contribution in [1.29, 1.82) is 0 Å². The Labute approximate surface area is 101 Å². The van der Waals surface area contributed by atoms with E-state index in [1.807, 2.05) is 6.92 Å². The van der Waals surface area contributed by atoms with Crippen molar-refractivity contribution < 1.29 is 14.8 Å². The molecule has 2 aliphatic heterocycles. The monoisotopic (exact) mass is 236 g/mol. The van der Waals surface area contributed by atoms with Gasteiger partial charge in [0.25, 0.3) is 0 Å². The molecule has 92 valence electrons. The molecule has 17 heavy (non-hydrogen) atoms. The van der Waals surface area contributed by atoms with Crippen LogP contribution in [0.15, 0.2) is 18.3 Å². The normalized spacial score (nSPS) is 24.6. The molecular formula is C11H17BN2O3. The molecule has 0 radical (unpaired) electrons. The van der Waals surface area contributed by atoms with Crippen molar-refractivity contribution in [3.8, 4) is 0 Å². The van der Waals surface area contributed by atoms with Gasteiger partial charge < -0.3 is 14.8 Å². The summed E-state index contributed by atoms with van der Waals surface area (Å²) in [6.07, 6.45) is 2.91. The highest BCUT2D eigenvalue weighted by Crippen LogP contribution is 2.22. The van der Waals surface area contributed by atoms with Gasteiger partial charge in [-0.1, -0.05) is 13.0 Å². The van der Waals surface area contributed by atoms with Crippen molar-refractivity contribution in [2.45, 2.75) is 19.6 Å². The van der Waals surface area contributed by atoms with Crippen molar-refractivity contribution in [2.24, 2.45) is 0 Å². The average molecular weight is 236 g/mol. The van der Waals surface area contributed by atoms with E-state index in [2.05, 4.69) is 9.88 Å². The molecule has 2 saturated heterocycles. The van der Waals surface area contributed by atoms with E-state index in [1.165, 1.54) is 13.1 Å². The first-order valence-corrected chi connectivity index (χ1v) is 5.88. The summed E-state index contributed by atoms with van der Waals surface area (Å²) in [6.45, 7) is 5.25. The molecule has 0 saturated carbocycles. The summed E-state index contributed by atoms with van der Waals surface area (Å²) in [5.74, 6) is 0. The van der Waals surface area contributed by atoms with E-state index >= 15 is 0 Å². The predicted octanol–water partition coefficient (Wildman–Crippen LogP) is -1.02. The van der Waals surface area contributed by atoms with E-state index in [0.717, 1.165) is 12.3 Å². The topological polar surface area (TPSA) is 65.6 Å². The van der Waals surface area contributed by atoms with Crippen LogP contribution in [-0.4, -0.2) is 53.0 Å². The summed E-state index contributed by atoms with van der Waals surface area (Å²) < 4.78 is 5.15. The number of rotatable bonds is 2. The van der Waals surface area contributed by atoms with Crippen molar-refractivity contribution in [1.82, 2.24) is 9.88 Å². The molecule has 0 aliphatic carbocycles. The Bertz CT molecular complexity index is 367. The second-order valence-electron chi connectivity index (χ2n) is 4.09. The SMILES string of the molecule is C1CN2CC2O1.CCc1ncccc1B(O)O. The summed E-state index contributed by atoms with van der Waals surface area (Å²) in [7, 11) is -1.40. The van der Waals surface area contributed by atoms with Gasteiger partial charge in [-0.15, -0.1) is 0 Å². The number of fused-ring (bicyclic) bond motifs is 1. The average Bonchev–Trinajstić information content (AvgIpc) is 2.96.